The fourth-order valence-corrected chi connectivity index (χ4v) is 1.25. The number of carbonyl (C=O) groups excluding carboxylic acids is 1. The lowest BCUT2D eigenvalue weighted by molar-refractivity contribution is -0.122. The molecule has 0 aromatic heterocycles. The first-order valence-corrected chi connectivity index (χ1v) is 5.65. The molecule has 3 nitrogen and oxygen atoms in total. The maximum atomic E-state index is 11.4. The molecule has 0 bridgehead atoms. The van der Waals surface area contributed by atoms with Crippen LogP contribution in [0.2, 0.25) is 0 Å². The molecule has 84 valence electrons. The van der Waals surface area contributed by atoms with Gasteiger partial charge < -0.3 is 10.2 Å². The summed E-state index contributed by atoms with van der Waals surface area (Å²) in [5, 5.41) is 2.97. The highest BCUT2D eigenvalue weighted by Gasteiger charge is 2.06. The topological polar surface area (TPSA) is 32.3 Å². The minimum Gasteiger partial charge on any atom is -0.354 e. The predicted octanol–water partition coefficient (Wildman–Crippen LogP) is 1.63. The molecule has 0 aromatic carbocycles. The van der Waals surface area contributed by atoms with Crippen molar-refractivity contribution >= 4 is 5.91 Å². The Bertz CT molecular complexity index is 155. The third-order valence-electron chi connectivity index (χ3n) is 2.57. The first-order chi connectivity index (χ1) is 6.63. The summed E-state index contributed by atoms with van der Waals surface area (Å²) >= 11 is 0. The molecule has 0 aliphatic heterocycles. The molecule has 14 heavy (non-hydrogen) atoms. The van der Waals surface area contributed by atoms with Crippen LogP contribution < -0.4 is 5.32 Å². The van der Waals surface area contributed by atoms with Gasteiger partial charge in [-0.2, -0.15) is 0 Å². The number of hydrogen-bond donors (Lipinski definition) is 1. The molecule has 1 unspecified atom stereocenters. The van der Waals surface area contributed by atoms with Crippen LogP contribution in [0.3, 0.4) is 0 Å². The van der Waals surface area contributed by atoms with Crippen molar-refractivity contribution in [2.75, 3.05) is 19.6 Å². The van der Waals surface area contributed by atoms with Crippen LogP contribution in [0, 0.1) is 0 Å². The molecular weight excluding hydrogens is 176 g/mol. The zero-order valence-electron chi connectivity index (χ0n) is 9.97. The van der Waals surface area contributed by atoms with Gasteiger partial charge in [-0.25, -0.2) is 0 Å². The second-order valence-corrected chi connectivity index (χ2v) is 3.65. The van der Waals surface area contributed by atoms with Crippen molar-refractivity contribution in [2.45, 2.75) is 46.6 Å². The summed E-state index contributed by atoms with van der Waals surface area (Å²) in [6.07, 6.45) is 1.61. The summed E-state index contributed by atoms with van der Waals surface area (Å²) in [4.78, 5) is 13.7. The van der Waals surface area contributed by atoms with E-state index in [0.29, 0.717) is 12.5 Å². The quantitative estimate of drug-likeness (QED) is 0.677. The van der Waals surface area contributed by atoms with Crippen molar-refractivity contribution in [3.63, 3.8) is 0 Å². The van der Waals surface area contributed by atoms with Gasteiger partial charge in [0.1, 0.15) is 0 Å². The van der Waals surface area contributed by atoms with Crippen LogP contribution in [-0.2, 0) is 4.79 Å². The van der Waals surface area contributed by atoms with Crippen LogP contribution >= 0.6 is 0 Å². The van der Waals surface area contributed by atoms with Crippen LogP contribution in [0.4, 0.5) is 0 Å². The summed E-state index contributed by atoms with van der Waals surface area (Å²) in [5.41, 5.74) is 0. The normalized spacial score (nSPS) is 12.9. The van der Waals surface area contributed by atoms with E-state index >= 15 is 0 Å². The molecule has 0 aliphatic rings. The number of nitrogens with zero attached hydrogens (tertiary/aromatic N) is 1. The fraction of sp³-hybridized carbons (Fsp3) is 0.909. The number of nitrogens with one attached hydrogen (secondary N) is 1. The van der Waals surface area contributed by atoms with Crippen LogP contribution in [-0.4, -0.2) is 36.5 Å². The highest BCUT2D eigenvalue weighted by Crippen LogP contribution is 1.93. The van der Waals surface area contributed by atoms with Gasteiger partial charge in [0.15, 0.2) is 0 Å². The summed E-state index contributed by atoms with van der Waals surface area (Å²) in [6, 6.07) is 0.305. The lowest BCUT2D eigenvalue weighted by Crippen LogP contribution is -2.35. The van der Waals surface area contributed by atoms with Gasteiger partial charge >= 0.3 is 0 Å². The monoisotopic (exact) mass is 200 g/mol. The van der Waals surface area contributed by atoms with Gasteiger partial charge in [-0.15, -0.1) is 0 Å². The Morgan fingerprint density at radius 3 is 2.29 bits per heavy atom. The lowest BCUT2D eigenvalue weighted by Gasteiger charge is -2.18. The zero-order valence-corrected chi connectivity index (χ0v) is 9.97. The molecule has 3 heteroatoms. The Morgan fingerprint density at radius 2 is 1.86 bits per heavy atom. The first kappa shape index (κ1) is 13.4. The Hall–Kier alpha value is -0.570. The van der Waals surface area contributed by atoms with Gasteiger partial charge in [0.25, 0.3) is 0 Å². The molecule has 0 aromatic rings. The number of amides is 1. The predicted molar refractivity (Wildman–Crippen MR) is 60.3 cm³/mol. The summed E-state index contributed by atoms with van der Waals surface area (Å²) in [7, 11) is 0. The number of carbonyl (C=O) groups is 1. The van der Waals surface area contributed by atoms with Gasteiger partial charge in [-0.1, -0.05) is 20.8 Å². The van der Waals surface area contributed by atoms with Gasteiger partial charge in [-0.05, 0) is 26.4 Å². The molecule has 1 N–H and O–H groups in total. The first-order valence-electron chi connectivity index (χ1n) is 5.65. The molecule has 0 saturated carbocycles. The summed E-state index contributed by atoms with van der Waals surface area (Å²) in [5.74, 6) is 0.172. The molecule has 0 heterocycles. The average molecular weight is 200 g/mol. The van der Waals surface area contributed by atoms with Crippen LogP contribution in [0.25, 0.3) is 0 Å². The van der Waals surface area contributed by atoms with E-state index in [2.05, 4.69) is 31.0 Å². The zero-order chi connectivity index (χ0) is 11.0. The van der Waals surface area contributed by atoms with E-state index in [0.717, 1.165) is 26.1 Å². The Morgan fingerprint density at radius 1 is 1.29 bits per heavy atom. The van der Waals surface area contributed by atoms with Gasteiger partial charge in [-0.3, -0.25) is 4.79 Å². The van der Waals surface area contributed by atoms with E-state index < -0.39 is 0 Å². The van der Waals surface area contributed by atoms with Crippen molar-refractivity contribution < 1.29 is 4.79 Å². The van der Waals surface area contributed by atoms with E-state index in [1.54, 1.807) is 0 Å². The maximum absolute atomic E-state index is 11.4. The van der Waals surface area contributed by atoms with Crippen molar-refractivity contribution in [3.05, 3.63) is 0 Å². The smallest absolute Gasteiger partial charge is 0.221 e. The molecule has 1 atom stereocenters. The van der Waals surface area contributed by atoms with E-state index in [9.17, 15) is 4.79 Å². The van der Waals surface area contributed by atoms with Crippen molar-refractivity contribution in [2.24, 2.45) is 0 Å². The second kappa shape index (κ2) is 7.80. The van der Waals surface area contributed by atoms with E-state index in [-0.39, 0.29) is 5.91 Å². The molecule has 0 saturated heterocycles. The SMILES string of the molecule is CCC(C)NC(=O)CCN(CC)CC. The summed E-state index contributed by atoms with van der Waals surface area (Å²) in [6.45, 7) is 11.3. The lowest BCUT2D eigenvalue weighted by atomic mass is 10.2. The highest BCUT2D eigenvalue weighted by molar-refractivity contribution is 5.76. The van der Waals surface area contributed by atoms with Crippen LogP contribution in [0.1, 0.15) is 40.5 Å². The minimum absolute atomic E-state index is 0.172. The molecule has 0 spiro atoms. The molecule has 1 amide bonds. The standard InChI is InChI=1S/C11H24N2O/c1-5-10(4)12-11(14)8-9-13(6-2)7-3/h10H,5-9H2,1-4H3,(H,12,14). The van der Waals surface area contributed by atoms with Crippen molar-refractivity contribution in [3.8, 4) is 0 Å². The summed E-state index contributed by atoms with van der Waals surface area (Å²) < 4.78 is 0. The second-order valence-electron chi connectivity index (χ2n) is 3.65. The third-order valence-corrected chi connectivity index (χ3v) is 2.57. The minimum atomic E-state index is 0.172. The van der Waals surface area contributed by atoms with Gasteiger partial charge in [0.05, 0.1) is 0 Å². The third kappa shape index (κ3) is 5.97. The largest absolute Gasteiger partial charge is 0.354 e. The molecule has 0 rings (SSSR count). The van der Waals surface area contributed by atoms with Gasteiger partial charge in [0, 0.05) is 19.0 Å². The molecule has 0 aliphatic carbocycles. The van der Waals surface area contributed by atoms with E-state index in [1.165, 1.54) is 0 Å². The van der Waals surface area contributed by atoms with Crippen molar-refractivity contribution in [1.29, 1.82) is 0 Å². The Balaban J connectivity index is 3.62. The molecule has 0 fully saturated rings. The Labute approximate surface area is 87.9 Å². The van der Waals surface area contributed by atoms with Crippen molar-refractivity contribution in [1.82, 2.24) is 10.2 Å². The van der Waals surface area contributed by atoms with E-state index in [4.69, 9.17) is 0 Å². The number of rotatable bonds is 7. The average Bonchev–Trinajstić information content (AvgIpc) is 2.19. The maximum Gasteiger partial charge on any atom is 0.221 e. The molecule has 0 radical (unpaired) electrons. The fourth-order valence-electron chi connectivity index (χ4n) is 1.25. The number of hydrogen-bond acceptors (Lipinski definition) is 2. The van der Waals surface area contributed by atoms with Gasteiger partial charge in [0.2, 0.25) is 5.91 Å². The van der Waals surface area contributed by atoms with Crippen LogP contribution in [0.5, 0.6) is 0 Å². The van der Waals surface area contributed by atoms with E-state index in [1.807, 2.05) is 6.92 Å². The highest BCUT2D eigenvalue weighted by atomic mass is 16.1. The Kier molecular flexibility index (Phi) is 7.48. The van der Waals surface area contributed by atoms with Crippen LogP contribution in [0.15, 0.2) is 0 Å². The molecular formula is C11H24N2O.